The molecule has 2 aromatic carbocycles. The second-order valence-corrected chi connectivity index (χ2v) is 6.72. The number of aromatic nitrogens is 1. The molecule has 1 aliphatic heterocycles. The SMILES string of the molecule is C=C1CCNc2c(cccc2-c2ccc3c(ccn3C(C)C)c2)N1. The first kappa shape index (κ1) is 14.9. The number of nitrogens with one attached hydrogen (secondary N) is 2. The molecule has 0 radical (unpaired) electrons. The Hall–Kier alpha value is -2.68. The van der Waals surface area contributed by atoms with E-state index in [-0.39, 0.29) is 0 Å². The lowest BCUT2D eigenvalue weighted by Crippen LogP contribution is -2.00. The highest BCUT2D eigenvalue weighted by Crippen LogP contribution is 2.37. The normalized spacial score (nSPS) is 14.2. The van der Waals surface area contributed by atoms with Crippen LogP contribution in [0, 0.1) is 0 Å². The molecule has 0 atom stereocenters. The number of fused-ring (bicyclic) bond motifs is 2. The standard InChI is InChI=1S/C21H23N3/c1-14(2)24-12-10-17-13-16(7-8-20(17)24)18-5-4-6-19-21(18)22-11-9-15(3)23-19/h4-8,10,12-14,22-23H,3,9,11H2,1-2H3. The summed E-state index contributed by atoms with van der Waals surface area (Å²) in [6.07, 6.45) is 3.11. The molecule has 0 bridgehead atoms. The second-order valence-electron chi connectivity index (χ2n) is 6.72. The van der Waals surface area contributed by atoms with Crippen molar-refractivity contribution < 1.29 is 0 Å². The second kappa shape index (κ2) is 5.75. The van der Waals surface area contributed by atoms with E-state index in [1.807, 2.05) is 0 Å². The summed E-state index contributed by atoms with van der Waals surface area (Å²) in [4.78, 5) is 0. The minimum absolute atomic E-state index is 0.471. The molecule has 0 saturated carbocycles. The first-order valence-electron chi connectivity index (χ1n) is 8.56. The fraction of sp³-hybridized carbons (Fsp3) is 0.238. The molecule has 3 aromatic rings. The Bertz CT molecular complexity index is 918. The highest BCUT2D eigenvalue weighted by Gasteiger charge is 2.14. The van der Waals surface area contributed by atoms with Crippen molar-refractivity contribution in [1.82, 2.24) is 4.57 Å². The lowest BCUT2D eigenvalue weighted by atomic mass is 10.0. The van der Waals surface area contributed by atoms with E-state index in [9.17, 15) is 0 Å². The molecule has 2 N–H and O–H groups in total. The van der Waals surface area contributed by atoms with Gasteiger partial charge in [0.1, 0.15) is 0 Å². The van der Waals surface area contributed by atoms with E-state index in [0.717, 1.165) is 24.4 Å². The van der Waals surface area contributed by atoms with E-state index >= 15 is 0 Å². The van der Waals surface area contributed by atoms with Crippen LogP contribution < -0.4 is 10.6 Å². The molecular formula is C21H23N3. The van der Waals surface area contributed by atoms with Crippen molar-refractivity contribution >= 4 is 22.3 Å². The Morgan fingerprint density at radius 1 is 1.12 bits per heavy atom. The Kier molecular flexibility index (Phi) is 3.57. The number of anilines is 2. The third-order valence-corrected chi connectivity index (χ3v) is 4.69. The molecule has 1 aliphatic rings. The molecular weight excluding hydrogens is 294 g/mol. The molecule has 0 saturated heterocycles. The van der Waals surface area contributed by atoms with Crippen molar-refractivity contribution in [2.24, 2.45) is 0 Å². The van der Waals surface area contributed by atoms with Gasteiger partial charge >= 0.3 is 0 Å². The number of hydrogen-bond acceptors (Lipinski definition) is 2. The summed E-state index contributed by atoms with van der Waals surface area (Å²) in [6, 6.07) is 15.8. The molecule has 24 heavy (non-hydrogen) atoms. The van der Waals surface area contributed by atoms with Crippen molar-refractivity contribution in [2.45, 2.75) is 26.3 Å². The van der Waals surface area contributed by atoms with Crippen LogP contribution in [0.4, 0.5) is 11.4 Å². The molecule has 0 spiro atoms. The van der Waals surface area contributed by atoms with E-state index in [2.05, 4.69) is 84.3 Å². The number of para-hydroxylation sites is 1. The van der Waals surface area contributed by atoms with Gasteiger partial charge in [0.2, 0.25) is 0 Å². The van der Waals surface area contributed by atoms with Crippen molar-refractivity contribution in [3.8, 4) is 11.1 Å². The van der Waals surface area contributed by atoms with Gasteiger partial charge in [-0.2, -0.15) is 0 Å². The van der Waals surface area contributed by atoms with Crippen LogP contribution in [0.5, 0.6) is 0 Å². The molecule has 1 aromatic heterocycles. The fourth-order valence-electron chi connectivity index (χ4n) is 3.46. The lowest BCUT2D eigenvalue weighted by molar-refractivity contribution is 0.623. The van der Waals surface area contributed by atoms with E-state index < -0.39 is 0 Å². The first-order chi connectivity index (χ1) is 11.6. The lowest BCUT2D eigenvalue weighted by Gasteiger charge is -2.15. The van der Waals surface area contributed by atoms with Crippen LogP contribution >= 0.6 is 0 Å². The van der Waals surface area contributed by atoms with Gasteiger partial charge in [-0.05, 0) is 43.7 Å². The van der Waals surface area contributed by atoms with Crippen LogP contribution in [0.25, 0.3) is 22.0 Å². The maximum absolute atomic E-state index is 4.08. The van der Waals surface area contributed by atoms with Crippen LogP contribution in [0.3, 0.4) is 0 Å². The molecule has 0 unspecified atom stereocenters. The van der Waals surface area contributed by atoms with E-state index in [0.29, 0.717) is 6.04 Å². The molecule has 3 nitrogen and oxygen atoms in total. The van der Waals surface area contributed by atoms with E-state index in [1.54, 1.807) is 0 Å². The fourth-order valence-corrected chi connectivity index (χ4v) is 3.46. The number of hydrogen-bond donors (Lipinski definition) is 2. The van der Waals surface area contributed by atoms with Crippen LogP contribution in [-0.2, 0) is 0 Å². The zero-order valence-electron chi connectivity index (χ0n) is 14.3. The summed E-state index contributed by atoms with van der Waals surface area (Å²) in [5, 5.41) is 8.28. The average molecular weight is 317 g/mol. The number of rotatable bonds is 2. The number of nitrogens with zero attached hydrogens (tertiary/aromatic N) is 1. The van der Waals surface area contributed by atoms with Crippen molar-refractivity contribution in [3.05, 3.63) is 60.9 Å². The van der Waals surface area contributed by atoms with Gasteiger partial charge in [-0.1, -0.05) is 24.8 Å². The molecule has 4 rings (SSSR count). The molecule has 0 aliphatic carbocycles. The minimum atomic E-state index is 0.471. The number of benzene rings is 2. The monoisotopic (exact) mass is 317 g/mol. The Balaban J connectivity index is 1.83. The Morgan fingerprint density at radius 2 is 2.00 bits per heavy atom. The molecule has 2 heterocycles. The quantitative estimate of drug-likeness (QED) is 0.641. The third-order valence-electron chi connectivity index (χ3n) is 4.69. The third kappa shape index (κ3) is 2.46. The largest absolute Gasteiger partial charge is 0.382 e. The summed E-state index contributed by atoms with van der Waals surface area (Å²) < 4.78 is 2.31. The average Bonchev–Trinajstić information content (AvgIpc) is 2.89. The van der Waals surface area contributed by atoms with Crippen LogP contribution in [0.2, 0.25) is 0 Å². The molecule has 0 fully saturated rings. The smallest absolute Gasteiger partial charge is 0.0659 e. The summed E-state index contributed by atoms with van der Waals surface area (Å²) in [5.74, 6) is 0. The van der Waals surface area contributed by atoms with Gasteiger partial charge < -0.3 is 15.2 Å². The van der Waals surface area contributed by atoms with Crippen molar-refractivity contribution in [2.75, 3.05) is 17.2 Å². The van der Waals surface area contributed by atoms with Gasteiger partial charge in [0.15, 0.2) is 0 Å². The van der Waals surface area contributed by atoms with Crippen molar-refractivity contribution in [1.29, 1.82) is 0 Å². The molecule has 122 valence electrons. The zero-order chi connectivity index (χ0) is 16.7. The van der Waals surface area contributed by atoms with Gasteiger partial charge in [-0.3, -0.25) is 0 Å². The van der Waals surface area contributed by atoms with Gasteiger partial charge in [-0.25, -0.2) is 0 Å². The predicted molar refractivity (Wildman–Crippen MR) is 104 cm³/mol. The van der Waals surface area contributed by atoms with Gasteiger partial charge in [0.25, 0.3) is 0 Å². The van der Waals surface area contributed by atoms with E-state index in [1.165, 1.54) is 27.7 Å². The zero-order valence-corrected chi connectivity index (χ0v) is 14.3. The van der Waals surface area contributed by atoms with Crippen LogP contribution in [-0.4, -0.2) is 11.1 Å². The molecule has 3 heteroatoms. The highest BCUT2D eigenvalue weighted by molar-refractivity contribution is 5.92. The maximum atomic E-state index is 4.08. The summed E-state index contributed by atoms with van der Waals surface area (Å²) >= 11 is 0. The highest BCUT2D eigenvalue weighted by atomic mass is 15.0. The van der Waals surface area contributed by atoms with Crippen LogP contribution in [0.15, 0.2) is 60.9 Å². The van der Waals surface area contributed by atoms with E-state index in [4.69, 9.17) is 0 Å². The van der Waals surface area contributed by atoms with Crippen LogP contribution in [0.1, 0.15) is 26.3 Å². The summed E-state index contributed by atoms with van der Waals surface area (Å²) in [7, 11) is 0. The maximum Gasteiger partial charge on any atom is 0.0659 e. The van der Waals surface area contributed by atoms with Gasteiger partial charge in [-0.15, -0.1) is 0 Å². The first-order valence-corrected chi connectivity index (χ1v) is 8.56. The Labute approximate surface area is 143 Å². The topological polar surface area (TPSA) is 29.0 Å². The molecule has 0 amide bonds. The summed E-state index contributed by atoms with van der Waals surface area (Å²) in [5.41, 5.74) is 7.09. The minimum Gasteiger partial charge on any atom is -0.382 e. The van der Waals surface area contributed by atoms with Crippen molar-refractivity contribution in [3.63, 3.8) is 0 Å². The van der Waals surface area contributed by atoms with Gasteiger partial charge in [0.05, 0.1) is 11.4 Å². The predicted octanol–water partition coefficient (Wildman–Crippen LogP) is 5.63. The van der Waals surface area contributed by atoms with Gasteiger partial charge in [0, 0.05) is 47.4 Å². The Morgan fingerprint density at radius 3 is 2.83 bits per heavy atom. The summed E-state index contributed by atoms with van der Waals surface area (Å²) in [6.45, 7) is 9.42.